The summed E-state index contributed by atoms with van der Waals surface area (Å²) < 4.78 is 5.98. The van der Waals surface area contributed by atoms with E-state index < -0.39 is 23.6 Å². The van der Waals surface area contributed by atoms with E-state index >= 15 is 0 Å². The van der Waals surface area contributed by atoms with Gasteiger partial charge in [-0.1, -0.05) is 48.0 Å². The van der Waals surface area contributed by atoms with Gasteiger partial charge < -0.3 is 15.8 Å². The van der Waals surface area contributed by atoms with Crippen molar-refractivity contribution in [1.29, 1.82) is 0 Å². The number of carbonyl (C=O) groups excluding carboxylic acids is 2. The maximum atomic E-state index is 14.2. The Labute approximate surface area is 255 Å². The number of nitrogens with zero attached hydrogens (tertiary/aromatic N) is 2. The largest absolute Gasteiger partial charge is 0.436 e. The number of benzene rings is 3. The number of aromatic nitrogens is 2. The van der Waals surface area contributed by atoms with Crippen LogP contribution in [0.4, 0.5) is 16.3 Å². The first-order chi connectivity index (χ1) is 18.8. The van der Waals surface area contributed by atoms with Crippen LogP contribution in [-0.2, 0) is 21.6 Å². The summed E-state index contributed by atoms with van der Waals surface area (Å²) in [4.78, 5) is 28.9. The standard InChI is InChI=1S/C29H29ClN6O3.2ClH/c1-17(19-7-9-21-23(14-19)34-35-26(21)31)33-24(13-18-5-3-2-4-6-18)27(37)36-25-10-8-20(30)15-22(25)29(39-28(36)38)11-12-32-16-29;;/h2-10,14-15,17,24,32-33H,11-13,16H2,1H3,(H3,31,34,35);2*1H/t17?,24-,29-;;/m0../s1. The molecule has 2 aliphatic rings. The summed E-state index contributed by atoms with van der Waals surface area (Å²) in [5, 5.41) is 15.1. The summed E-state index contributed by atoms with van der Waals surface area (Å²) in [5.74, 6) is 0.0406. The van der Waals surface area contributed by atoms with Crippen LogP contribution in [0, 0.1) is 0 Å². The van der Waals surface area contributed by atoms with Gasteiger partial charge in [-0.3, -0.25) is 15.2 Å². The normalized spacial score (nSPS) is 19.2. The van der Waals surface area contributed by atoms with Gasteiger partial charge >= 0.3 is 6.09 Å². The highest BCUT2D eigenvalue weighted by atomic mass is 35.5. The second kappa shape index (κ2) is 12.3. The summed E-state index contributed by atoms with van der Waals surface area (Å²) in [6.45, 7) is 3.15. The van der Waals surface area contributed by atoms with Crippen LogP contribution in [0.15, 0.2) is 66.7 Å². The summed E-state index contributed by atoms with van der Waals surface area (Å²) in [6.07, 6.45) is 0.306. The van der Waals surface area contributed by atoms with Crippen molar-refractivity contribution >= 4 is 70.8 Å². The minimum absolute atomic E-state index is 0. The van der Waals surface area contributed by atoms with E-state index in [0.29, 0.717) is 42.5 Å². The molecule has 3 aromatic carbocycles. The first-order valence-corrected chi connectivity index (χ1v) is 13.3. The lowest BCUT2D eigenvalue weighted by Crippen LogP contribution is -2.55. The fourth-order valence-electron chi connectivity index (χ4n) is 5.58. The number of hydrogen-bond acceptors (Lipinski definition) is 7. The summed E-state index contributed by atoms with van der Waals surface area (Å²) in [6, 6.07) is 19.8. The maximum Gasteiger partial charge on any atom is 0.422 e. The molecule has 3 atom stereocenters. The van der Waals surface area contributed by atoms with E-state index in [1.54, 1.807) is 18.2 Å². The van der Waals surface area contributed by atoms with Crippen molar-refractivity contribution in [2.45, 2.75) is 37.5 Å². The topological polar surface area (TPSA) is 125 Å². The van der Waals surface area contributed by atoms with E-state index in [9.17, 15) is 9.59 Å². The number of imide groups is 1. The number of halogens is 3. The SMILES string of the molecule is CC(N[C@@H](Cc1ccccc1)C(=O)N1C(=O)O[C@]2(CCNC2)c2cc(Cl)ccc21)c1ccc2c(N)n[nH]c2c1.Cl.Cl. The predicted molar refractivity (Wildman–Crippen MR) is 165 cm³/mol. The zero-order chi connectivity index (χ0) is 27.1. The van der Waals surface area contributed by atoms with E-state index in [1.807, 2.05) is 55.5 Å². The zero-order valence-corrected chi connectivity index (χ0v) is 24.6. The van der Waals surface area contributed by atoms with E-state index in [-0.39, 0.29) is 30.9 Å². The number of carbonyl (C=O) groups is 2. The molecule has 2 aliphatic heterocycles. The number of rotatable bonds is 6. The fourth-order valence-corrected chi connectivity index (χ4v) is 5.75. The molecule has 216 valence electrons. The van der Waals surface area contributed by atoms with Crippen LogP contribution >= 0.6 is 36.4 Å². The van der Waals surface area contributed by atoms with Crippen molar-refractivity contribution in [2.24, 2.45) is 0 Å². The summed E-state index contributed by atoms with van der Waals surface area (Å²) >= 11 is 6.36. The monoisotopic (exact) mass is 616 g/mol. The zero-order valence-electron chi connectivity index (χ0n) is 22.2. The van der Waals surface area contributed by atoms with Crippen molar-refractivity contribution < 1.29 is 14.3 Å². The minimum atomic E-state index is -0.842. The third-order valence-electron chi connectivity index (χ3n) is 7.64. The maximum absolute atomic E-state index is 14.2. The van der Waals surface area contributed by atoms with E-state index in [4.69, 9.17) is 22.1 Å². The Balaban J connectivity index is 0.00000194. The van der Waals surface area contributed by atoms with Gasteiger partial charge in [-0.15, -0.1) is 24.8 Å². The van der Waals surface area contributed by atoms with E-state index in [2.05, 4.69) is 20.8 Å². The number of anilines is 2. The summed E-state index contributed by atoms with van der Waals surface area (Å²) in [5.41, 5.74) is 9.05. The molecule has 3 heterocycles. The highest BCUT2D eigenvalue weighted by Crippen LogP contribution is 2.44. The molecule has 0 radical (unpaired) electrons. The lowest BCUT2D eigenvalue weighted by Gasteiger charge is -2.40. The molecule has 1 saturated heterocycles. The van der Waals surface area contributed by atoms with Crippen molar-refractivity contribution in [1.82, 2.24) is 20.8 Å². The molecule has 5 N–H and O–H groups in total. The molecule has 1 fully saturated rings. The van der Waals surface area contributed by atoms with Gasteiger partial charge in [-0.2, -0.15) is 5.10 Å². The molecule has 2 amide bonds. The van der Waals surface area contributed by atoms with Gasteiger partial charge in [0.15, 0.2) is 11.4 Å². The minimum Gasteiger partial charge on any atom is -0.436 e. The average molecular weight is 618 g/mol. The van der Waals surface area contributed by atoms with Crippen molar-refractivity contribution in [3.63, 3.8) is 0 Å². The van der Waals surface area contributed by atoms with Gasteiger partial charge in [-0.05, 0) is 61.3 Å². The number of H-pyrrole nitrogens is 1. The number of hydrogen-bond donors (Lipinski definition) is 4. The number of ether oxygens (including phenoxy) is 1. The Hall–Kier alpha value is -3.34. The van der Waals surface area contributed by atoms with Gasteiger partial charge in [0.25, 0.3) is 5.91 Å². The number of nitrogens with two attached hydrogens (primary N) is 1. The lowest BCUT2D eigenvalue weighted by molar-refractivity contribution is -0.121. The number of fused-ring (bicyclic) bond motifs is 3. The van der Waals surface area contributed by atoms with Gasteiger partial charge in [-0.25, -0.2) is 9.69 Å². The molecule has 0 aliphatic carbocycles. The first kappa shape index (κ1) is 30.6. The van der Waals surface area contributed by atoms with Crippen LogP contribution in [-0.4, -0.2) is 41.3 Å². The molecular formula is C29H31Cl3N6O3. The van der Waals surface area contributed by atoms with Crippen LogP contribution in [0.2, 0.25) is 5.02 Å². The molecule has 1 aromatic heterocycles. The van der Waals surface area contributed by atoms with Crippen LogP contribution < -0.4 is 21.3 Å². The molecule has 0 bridgehead atoms. The molecule has 0 saturated carbocycles. The van der Waals surface area contributed by atoms with Gasteiger partial charge in [0.05, 0.1) is 17.2 Å². The Bertz CT molecular complexity index is 1560. The molecular weight excluding hydrogens is 587 g/mol. The van der Waals surface area contributed by atoms with E-state index in [1.165, 1.54) is 0 Å². The van der Waals surface area contributed by atoms with Gasteiger partial charge in [0.2, 0.25) is 0 Å². The third kappa shape index (κ3) is 5.73. The van der Waals surface area contributed by atoms with Gasteiger partial charge in [0.1, 0.15) is 0 Å². The second-order valence-corrected chi connectivity index (χ2v) is 10.6. The molecule has 1 unspecified atom stereocenters. The highest BCUT2D eigenvalue weighted by Gasteiger charge is 2.49. The molecule has 9 nitrogen and oxygen atoms in total. The first-order valence-electron chi connectivity index (χ1n) is 13.0. The highest BCUT2D eigenvalue weighted by molar-refractivity contribution is 6.31. The average Bonchev–Trinajstić information content (AvgIpc) is 3.56. The molecule has 12 heteroatoms. The van der Waals surface area contributed by atoms with Crippen molar-refractivity contribution in [3.05, 3.63) is 88.4 Å². The van der Waals surface area contributed by atoms with Crippen molar-refractivity contribution in [3.8, 4) is 0 Å². The molecule has 4 aromatic rings. The van der Waals surface area contributed by atoms with Crippen molar-refractivity contribution in [2.75, 3.05) is 23.7 Å². The Morgan fingerprint density at radius 2 is 1.95 bits per heavy atom. The molecule has 41 heavy (non-hydrogen) atoms. The number of aromatic amines is 1. The number of nitrogens with one attached hydrogen (secondary N) is 3. The van der Waals surface area contributed by atoms with Crippen LogP contribution in [0.5, 0.6) is 0 Å². The lowest BCUT2D eigenvalue weighted by atomic mass is 9.89. The molecule has 1 spiro atoms. The Kier molecular flexibility index (Phi) is 9.16. The van der Waals surface area contributed by atoms with Crippen LogP contribution in [0.3, 0.4) is 0 Å². The van der Waals surface area contributed by atoms with Gasteiger partial charge in [0, 0.05) is 35.0 Å². The summed E-state index contributed by atoms with van der Waals surface area (Å²) in [7, 11) is 0. The van der Waals surface area contributed by atoms with Crippen LogP contribution in [0.1, 0.15) is 36.1 Å². The number of nitrogen functional groups attached to an aromatic ring is 1. The third-order valence-corrected chi connectivity index (χ3v) is 7.88. The molecule has 6 rings (SSSR count). The Morgan fingerprint density at radius 1 is 1.17 bits per heavy atom. The Morgan fingerprint density at radius 3 is 2.68 bits per heavy atom. The quantitative estimate of drug-likeness (QED) is 0.232. The smallest absolute Gasteiger partial charge is 0.422 e. The second-order valence-electron chi connectivity index (χ2n) is 10.2. The van der Waals surface area contributed by atoms with E-state index in [0.717, 1.165) is 32.5 Å². The van der Waals surface area contributed by atoms with Crippen LogP contribution in [0.25, 0.3) is 10.9 Å². The predicted octanol–water partition coefficient (Wildman–Crippen LogP) is 5.28. The number of amides is 2. The fraction of sp³-hybridized carbons (Fsp3) is 0.276.